The molecule has 0 N–H and O–H groups in total. The molecule has 10 rings (SSSR count). The molecule has 0 saturated carbocycles. The average molecular weight is 701 g/mol. The molecule has 0 spiro atoms. The van der Waals surface area contributed by atoms with E-state index in [0.29, 0.717) is 0 Å². The summed E-state index contributed by atoms with van der Waals surface area (Å²) in [6, 6.07) is 74.3. The molecule has 2 aromatic heterocycles. The fourth-order valence-electron chi connectivity index (χ4n) is 8.67. The third-order valence-corrected chi connectivity index (χ3v) is 11.1. The van der Waals surface area contributed by atoms with Crippen LogP contribution in [-0.2, 0) is 5.41 Å². The van der Waals surface area contributed by atoms with E-state index in [0.717, 1.165) is 44.8 Å². The summed E-state index contributed by atoms with van der Waals surface area (Å²) in [7, 11) is 0. The Bertz CT molecular complexity index is 2680. The van der Waals surface area contributed by atoms with Gasteiger partial charge < -0.3 is 0 Å². The van der Waals surface area contributed by atoms with E-state index >= 15 is 0 Å². The summed E-state index contributed by atoms with van der Waals surface area (Å²) in [6.07, 6.45) is 3.81. The molecule has 2 heteroatoms. The van der Waals surface area contributed by atoms with Crippen LogP contribution in [0.2, 0.25) is 0 Å². The highest BCUT2D eigenvalue weighted by Gasteiger charge is 2.47. The molecule has 1 aliphatic carbocycles. The highest BCUT2D eigenvalue weighted by atomic mass is 14.7. The molecule has 9 aromatic rings. The van der Waals surface area contributed by atoms with Crippen LogP contribution in [0.3, 0.4) is 0 Å². The number of hydrogen-bond acceptors (Lipinski definition) is 2. The fourth-order valence-corrected chi connectivity index (χ4v) is 8.67. The Labute approximate surface area is 322 Å². The lowest BCUT2D eigenvalue weighted by molar-refractivity contribution is 0.768. The van der Waals surface area contributed by atoms with E-state index in [-0.39, 0.29) is 0 Å². The number of rotatable bonds is 7. The Balaban J connectivity index is 1.22. The van der Waals surface area contributed by atoms with Gasteiger partial charge in [0, 0.05) is 23.5 Å². The van der Waals surface area contributed by atoms with Crippen LogP contribution in [0.1, 0.15) is 22.3 Å². The first-order valence-corrected chi connectivity index (χ1v) is 18.8. The van der Waals surface area contributed by atoms with Gasteiger partial charge in [0.1, 0.15) is 0 Å². The largest absolute Gasteiger partial charge is 0.265 e. The summed E-state index contributed by atoms with van der Waals surface area (Å²) >= 11 is 0. The molecule has 0 saturated heterocycles. The summed E-state index contributed by atoms with van der Waals surface area (Å²) in [6.45, 7) is 0. The van der Waals surface area contributed by atoms with Crippen molar-refractivity contribution in [1.29, 1.82) is 0 Å². The molecular weight excluding hydrogens is 665 g/mol. The second kappa shape index (κ2) is 13.7. The van der Waals surface area contributed by atoms with Crippen LogP contribution in [0.15, 0.2) is 219 Å². The van der Waals surface area contributed by atoms with E-state index in [1.165, 1.54) is 44.5 Å². The molecule has 0 fully saturated rings. The van der Waals surface area contributed by atoms with Gasteiger partial charge in [-0.3, -0.25) is 4.98 Å². The summed E-state index contributed by atoms with van der Waals surface area (Å²) < 4.78 is 0. The zero-order valence-electron chi connectivity index (χ0n) is 30.2. The number of hydrogen-bond donors (Lipinski definition) is 0. The molecule has 0 unspecified atom stereocenters. The lowest BCUT2D eigenvalue weighted by Gasteiger charge is -2.34. The van der Waals surface area contributed by atoms with Gasteiger partial charge in [-0.15, -0.1) is 0 Å². The Morgan fingerprint density at radius 3 is 1.53 bits per heavy atom. The highest BCUT2D eigenvalue weighted by Crippen LogP contribution is 2.59. The van der Waals surface area contributed by atoms with Crippen LogP contribution in [-0.4, -0.2) is 9.97 Å². The monoisotopic (exact) mass is 700 g/mol. The van der Waals surface area contributed by atoms with E-state index in [1.807, 2.05) is 18.5 Å². The van der Waals surface area contributed by atoms with Gasteiger partial charge in [0.05, 0.1) is 16.8 Å². The van der Waals surface area contributed by atoms with Crippen molar-refractivity contribution in [2.24, 2.45) is 0 Å². The second-order valence-corrected chi connectivity index (χ2v) is 14.1. The minimum absolute atomic E-state index is 0.494. The Morgan fingerprint density at radius 2 is 0.855 bits per heavy atom. The van der Waals surface area contributed by atoms with Crippen molar-refractivity contribution in [3.8, 4) is 67.0 Å². The van der Waals surface area contributed by atoms with Crippen molar-refractivity contribution in [3.63, 3.8) is 0 Å². The van der Waals surface area contributed by atoms with E-state index in [2.05, 4.69) is 205 Å². The number of nitrogens with zero attached hydrogens (tertiary/aromatic N) is 2. The SMILES string of the molecule is c1ccc(-c2cc(-c3ccccc3)nc(-c3cccc(-c4ccc5c(c4-c4ccncc4)-c4ccccc4C5(c4ccccc4)c4ccccc4)c3)c2)cc1. The minimum Gasteiger partial charge on any atom is -0.265 e. The number of pyridine rings is 2. The first-order valence-electron chi connectivity index (χ1n) is 18.8. The summed E-state index contributed by atoms with van der Waals surface area (Å²) in [4.78, 5) is 9.73. The molecule has 7 aromatic carbocycles. The van der Waals surface area contributed by atoms with Gasteiger partial charge in [0.25, 0.3) is 0 Å². The molecule has 2 heterocycles. The van der Waals surface area contributed by atoms with Crippen molar-refractivity contribution in [2.75, 3.05) is 0 Å². The molecule has 258 valence electrons. The maximum Gasteiger partial charge on any atom is 0.0715 e. The summed E-state index contributed by atoms with van der Waals surface area (Å²) in [5, 5.41) is 0. The predicted molar refractivity (Wildman–Crippen MR) is 227 cm³/mol. The fraction of sp³-hybridized carbons (Fsp3) is 0.0189. The standard InChI is InChI=1S/C53H36N2/c1-5-16-37(17-6-1)42-35-49(38-18-7-2-8-19-38)55-50(36-42)41-21-15-20-40(34-41)45-28-29-48-52(51(45)39-30-32-54-33-31-39)46-26-13-14-27-47(46)53(48,43-22-9-3-10-23-43)44-24-11-4-12-25-44/h1-36H. The topological polar surface area (TPSA) is 25.8 Å². The maximum absolute atomic E-state index is 5.28. The quantitative estimate of drug-likeness (QED) is 0.165. The maximum atomic E-state index is 5.28. The summed E-state index contributed by atoms with van der Waals surface area (Å²) in [5.74, 6) is 0. The molecule has 2 nitrogen and oxygen atoms in total. The van der Waals surface area contributed by atoms with Crippen LogP contribution >= 0.6 is 0 Å². The molecule has 0 aliphatic heterocycles. The molecule has 0 bridgehead atoms. The molecule has 0 radical (unpaired) electrons. The van der Waals surface area contributed by atoms with E-state index in [4.69, 9.17) is 4.98 Å². The lowest BCUT2D eigenvalue weighted by atomic mass is 9.67. The van der Waals surface area contributed by atoms with Gasteiger partial charge in [-0.1, -0.05) is 176 Å². The van der Waals surface area contributed by atoms with Crippen LogP contribution in [0.5, 0.6) is 0 Å². The Morgan fingerprint density at radius 1 is 0.309 bits per heavy atom. The first kappa shape index (κ1) is 32.5. The molecule has 0 amide bonds. The Kier molecular flexibility index (Phi) is 8.08. The average Bonchev–Trinajstić information content (AvgIpc) is 3.58. The zero-order chi connectivity index (χ0) is 36.6. The minimum atomic E-state index is -0.494. The van der Waals surface area contributed by atoms with Gasteiger partial charge in [-0.2, -0.15) is 0 Å². The predicted octanol–water partition coefficient (Wildman–Crippen LogP) is 13.2. The van der Waals surface area contributed by atoms with Crippen LogP contribution in [0.4, 0.5) is 0 Å². The smallest absolute Gasteiger partial charge is 0.0715 e. The Hall–Kier alpha value is -7.16. The first-order chi connectivity index (χ1) is 27.3. The number of aromatic nitrogens is 2. The molecular formula is C53H36N2. The van der Waals surface area contributed by atoms with Crippen molar-refractivity contribution < 1.29 is 0 Å². The zero-order valence-corrected chi connectivity index (χ0v) is 30.2. The normalized spacial score (nSPS) is 12.5. The van der Waals surface area contributed by atoms with Gasteiger partial charge >= 0.3 is 0 Å². The summed E-state index contributed by atoms with van der Waals surface area (Å²) in [5.41, 5.74) is 18.1. The van der Waals surface area contributed by atoms with Crippen LogP contribution in [0, 0.1) is 0 Å². The lowest BCUT2D eigenvalue weighted by Crippen LogP contribution is -2.28. The number of fused-ring (bicyclic) bond motifs is 3. The highest BCUT2D eigenvalue weighted by molar-refractivity contribution is 6.02. The van der Waals surface area contributed by atoms with E-state index in [9.17, 15) is 0 Å². The van der Waals surface area contributed by atoms with Crippen LogP contribution < -0.4 is 0 Å². The van der Waals surface area contributed by atoms with E-state index in [1.54, 1.807) is 0 Å². The third-order valence-electron chi connectivity index (χ3n) is 11.1. The van der Waals surface area contributed by atoms with E-state index < -0.39 is 5.41 Å². The third kappa shape index (κ3) is 5.50. The molecule has 0 atom stereocenters. The van der Waals surface area contributed by atoms with Crippen LogP contribution in [0.25, 0.3) is 67.0 Å². The van der Waals surface area contributed by atoms with Gasteiger partial charge in [0.2, 0.25) is 0 Å². The van der Waals surface area contributed by atoms with Gasteiger partial charge in [-0.25, -0.2) is 4.98 Å². The van der Waals surface area contributed by atoms with Crippen molar-refractivity contribution in [1.82, 2.24) is 9.97 Å². The second-order valence-electron chi connectivity index (χ2n) is 14.1. The molecule has 55 heavy (non-hydrogen) atoms. The number of benzene rings is 7. The molecule has 1 aliphatic rings. The van der Waals surface area contributed by atoms with Gasteiger partial charge in [0.15, 0.2) is 0 Å². The van der Waals surface area contributed by atoms with Gasteiger partial charge in [-0.05, 0) is 97.1 Å². The van der Waals surface area contributed by atoms with Crippen molar-refractivity contribution in [2.45, 2.75) is 5.41 Å². The van der Waals surface area contributed by atoms with Crippen molar-refractivity contribution >= 4 is 0 Å². The van der Waals surface area contributed by atoms with Crippen molar-refractivity contribution in [3.05, 3.63) is 241 Å².